The average molecular weight is 703 g/mol. The standard InChI is InChI=1S/C53H38N2/c1-53(2)48-26-12-11-23-44(48)47-25-14-24-46(51(47)53)43-31-32-45(42-22-10-9-21-41(42)43)50-34-49(54-52(55-50)38-17-7-4-8-18-38)37-29-27-36(28-30-37)40-20-13-19-39(33-40)35-15-5-3-6-16-35/h3-34H,1-2H3. The van der Waals surface area contributed by atoms with E-state index in [-0.39, 0.29) is 5.41 Å². The first kappa shape index (κ1) is 32.7. The summed E-state index contributed by atoms with van der Waals surface area (Å²) < 4.78 is 0. The zero-order chi connectivity index (χ0) is 36.9. The monoisotopic (exact) mass is 702 g/mol. The molecule has 0 N–H and O–H groups in total. The van der Waals surface area contributed by atoms with Gasteiger partial charge in [-0.05, 0) is 78.5 Å². The molecule has 0 spiro atoms. The van der Waals surface area contributed by atoms with Crippen LogP contribution in [0.2, 0.25) is 0 Å². The lowest BCUT2D eigenvalue weighted by molar-refractivity contribution is 0.662. The Morgan fingerprint density at radius 3 is 1.55 bits per heavy atom. The molecule has 0 unspecified atom stereocenters. The van der Waals surface area contributed by atoms with Crippen molar-refractivity contribution in [1.29, 1.82) is 0 Å². The van der Waals surface area contributed by atoms with Gasteiger partial charge in [-0.2, -0.15) is 0 Å². The van der Waals surface area contributed by atoms with Crippen molar-refractivity contribution >= 4 is 10.8 Å². The van der Waals surface area contributed by atoms with Crippen LogP contribution < -0.4 is 0 Å². The highest BCUT2D eigenvalue weighted by atomic mass is 14.9. The zero-order valence-electron chi connectivity index (χ0n) is 30.9. The minimum absolute atomic E-state index is 0.116. The lowest BCUT2D eigenvalue weighted by Crippen LogP contribution is -2.16. The first-order chi connectivity index (χ1) is 27.0. The van der Waals surface area contributed by atoms with E-state index in [1.807, 2.05) is 18.2 Å². The van der Waals surface area contributed by atoms with Crippen LogP contribution >= 0.6 is 0 Å². The van der Waals surface area contributed by atoms with Crippen molar-refractivity contribution < 1.29 is 0 Å². The summed E-state index contributed by atoms with van der Waals surface area (Å²) in [5.41, 5.74) is 17.5. The molecule has 0 saturated heterocycles. The van der Waals surface area contributed by atoms with E-state index in [1.54, 1.807) is 0 Å². The molecular weight excluding hydrogens is 665 g/mol. The molecular formula is C53H38N2. The van der Waals surface area contributed by atoms with Crippen molar-refractivity contribution in [2.45, 2.75) is 19.3 Å². The molecule has 9 aromatic rings. The van der Waals surface area contributed by atoms with Gasteiger partial charge in [0, 0.05) is 22.1 Å². The van der Waals surface area contributed by atoms with E-state index in [4.69, 9.17) is 9.97 Å². The summed E-state index contributed by atoms with van der Waals surface area (Å²) in [5, 5.41) is 2.38. The minimum atomic E-state index is -0.116. The number of rotatable bonds is 6. The van der Waals surface area contributed by atoms with Crippen LogP contribution in [0, 0.1) is 0 Å². The Balaban J connectivity index is 1.09. The molecule has 0 radical (unpaired) electrons. The Bertz CT molecular complexity index is 2870. The predicted octanol–water partition coefficient (Wildman–Crippen LogP) is 13.9. The minimum Gasteiger partial charge on any atom is -0.228 e. The number of benzene rings is 8. The maximum atomic E-state index is 5.25. The summed E-state index contributed by atoms with van der Waals surface area (Å²) in [5.74, 6) is 0.710. The third kappa shape index (κ3) is 5.66. The van der Waals surface area contributed by atoms with Gasteiger partial charge >= 0.3 is 0 Å². The van der Waals surface area contributed by atoms with Gasteiger partial charge in [0.05, 0.1) is 11.4 Å². The van der Waals surface area contributed by atoms with Gasteiger partial charge < -0.3 is 0 Å². The van der Waals surface area contributed by atoms with Crippen molar-refractivity contribution in [3.63, 3.8) is 0 Å². The topological polar surface area (TPSA) is 25.8 Å². The van der Waals surface area contributed by atoms with Gasteiger partial charge in [-0.1, -0.05) is 196 Å². The summed E-state index contributed by atoms with van der Waals surface area (Å²) in [7, 11) is 0. The van der Waals surface area contributed by atoms with Crippen LogP contribution in [0.4, 0.5) is 0 Å². The van der Waals surface area contributed by atoms with Gasteiger partial charge in [0.25, 0.3) is 0 Å². The average Bonchev–Trinajstić information content (AvgIpc) is 3.50. The van der Waals surface area contributed by atoms with Crippen LogP contribution in [-0.4, -0.2) is 9.97 Å². The molecule has 1 heterocycles. The van der Waals surface area contributed by atoms with Crippen LogP contribution in [0.3, 0.4) is 0 Å². The van der Waals surface area contributed by atoms with E-state index in [0.29, 0.717) is 5.82 Å². The van der Waals surface area contributed by atoms with E-state index < -0.39 is 0 Å². The summed E-state index contributed by atoms with van der Waals surface area (Å²) in [6.45, 7) is 4.72. The molecule has 1 aromatic heterocycles. The second-order valence-corrected chi connectivity index (χ2v) is 15.0. The summed E-state index contributed by atoms with van der Waals surface area (Å²) in [6.07, 6.45) is 0. The normalized spacial score (nSPS) is 12.7. The quantitative estimate of drug-likeness (QED) is 0.172. The zero-order valence-corrected chi connectivity index (χ0v) is 30.9. The highest BCUT2D eigenvalue weighted by Crippen LogP contribution is 2.53. The predicted molar refractivity (Wildman–Crippen MR) is 230 cm³/mol. The number of hydrogen-bond acceptors (Lipinski definition) is 2. The Morgan fingerprint density at radius 1 is 0.327 bits per heavy atom. The van der Waals surface area contributed by atoms with Crippen molar-refractivity contribution in [3.8, 4) is 78.4 Å². The molecule has 10 rings (SSSR count). The SMILES string of the molecule is CC1(C)c2ccccc2-c2cccc(-c3ccc(-c4cc(-c5ccc(-c6cccc(-c7ccccc7)c6)cc5)nc(-c5ccccc5)n4)c4ccccc34)c21. The van der Waals surface area contributed by atoms with Gasteiger partial charge in [0.1, 0.15) is 0 Å². The summed E-state index contributed by atoms with van der Waals surface area (Å²) in [4.78, 5) is 10.4. The van der Waals surface area contributed by atoms with Crippen LogP contribution in [-0.2, 0) is 5.41 Å². The first-order valence-corrected chi connectivity index (χ1v) is 19.0. The molecule has 0 aliphatic heterocycles. The Hall–Kier alpha value is -6.90. The van der Waals surface area contributed by atoms with Crippen LogP contribution in [0.5, 0.6) is 0 Å². The fourth-order valence-corrected chi connectivity index (χ4v) is 8.62. The molecule has 2 heteroatoms. The van der Waals surface area contributed by atoms with Crippen LogP contribution in [0.25, 0.3) is 89.2 Å². The molecule has 0 amide bonds. The third-order valence-corrected chi connectivity index (χ3v) is 11.3. The lowest BCUT2D eigenvalue weighted by Gasteiger charge is -2.25. The van der Waals surface area contributed by atoms with Crippen molar-refractivity contribution in [1.82, 2.24) is 9.97 Å². The summed E-state index contributed by atoms with van der Waals surface area (Å²) >= 11 is 0. The molecule has 2 nitrogen and oxygen atoms in total. The second-order valence-electron chi connectivity index (χ2n) is 15.0. The number of aromatic nitrogens is 2. The molecule has 0 fully saturated rings. The second kappa shape index (κ2) is 13.2. The molecule has 0 bridgehead atoms. The maximum absolute atomic E-state index is 5.25. The van der Waals surface area contributed by atoms with Crippen LogP contribution in [0.1, 0.15) is 25.0 Å². The molecule has 260 valence electrons. The van der Waals surface area contributed by atoms with Gasteiger partial charge in [-0.25, -0.2) is 9.97 Å². The third-order valence-electron chi connectivity index (χ3n) is 11.3. The fourth-order valence-electron chi connectivity index (χ4n) is 8.62. The highest BCUT2D eigenvalue weighted by molar-refractivity contribution is 6.06. The largest absolute Gasteiger partial charge is 0.228 e. The maximum Gasteiger partial charge on any atom is 0.160 e. The molecule has 8 aromatic carbocycles. The van der Waals surface area contributed by atoms with E-state index in [2.05, 4.69) is 190 Å². The number of nitrogens with zero attached hydrogens (tertiary/aromatic N) is 2. The van der Waals surface area contributed by atoms with Crippen molar-refractivity contribution in [2.75, 3.05) is 0 Å². The highest BCUT2D eigenvalue weighted by Gasteiger charge is 2.37. The van der Waals surface area contributed by atoms with E-state index >= 15 is 0 Å². The van der Waals surface area contributed by atoms with E-state index in [1.165, 1.54) is 66.4 Å². The van der Waals surface area contributed by atoms with Gasteiger partial charge in [0.15, 0.2) is 5.82 Å². The molecule has 0 atom stereocenters. The van der Waals surface area contributed by atoms with Crippen molar-refractivity contribution in [3.05, 3.63) is 205 Å². The smallest absolute Gasteiger partial charge is 0.160 e. The Labute approximate surface area is 322 Å². The molecule has 1 aliphatic rings. The fraction of sp³-hybridized carbons (Fsp3) is 0.0566. The molecule has 1 aliphatic carbocycles. The first-order valence-electron chi connectivity index (χ1n) is 19.0. The number of fused-ring (bicyclic) bond motifs is 4. The van der Waals surface area contributed by atoms with Crippen LogP contribution in [0.15, 0.2) is 194 Å². The van der Waals surface area contributed by atoms with Gasteiger partial charge in [0.2, 0.25) is 0 Å². The van der Waals surface area contributed by atoms with E-state index in [0.717, 1.165) is 28.1 Å². The lowest BCUT2D eigenvalue weighted by atomic mass is 9.78. The molecule has 0 saturated carbocycles. The number of hydrogen-bond donors (Lipinski definition) is 0. The van der Waals surface area contributed by atoms with Gasteiger partial charge in [-0.3, -0.25) is 0 Å². The Kier molecular flexibility index (Phi) is 7.85. The Morgan fingerprint density at radius 2 is 0.818 bits per heavy atom. The van der Waals surface area contributed by atoms with Gasteiger partial charge in [-0.15, -0.1) is 0 Å². The molecule has 55 heavy (non-hydrogen) atoms. The van der Waals surface area contributed by atoms with Crippen molar-refractivity contribution in [2.24, 2.45) is 0 Å². The van der Waals surface area contributed by atoms with E-state index in [9.17, 15) is 0 Å². The summed E-state index contributed by atoms with van der Waals surface area (Å²) in [6, 6.07) is 69.5.